The fourth-order valence-electron chi connectivity index (χ4n) is 8.40. The van der Waals surface area contributed by atoms with Gasteiger partial charge in [-0.25, -0.2) is 15.0 Å². The van der Waals surface area contributed by atoms with Crippen molar-refractivity contribution >= 4 is 43.6 Å². The van der Waals surface area contributed by atoms with E-state index in [1.165, 1.54) is 0 Å². The van der Waals surface area contributed by atoms with Gasteiger partial charge in [-0.15, -0.1) is 0 Å². The Labute approximate surface area is 334 Å². The molecule has 0 atom stereocenters. The second-order valence-corrected chi connectivity index (χ2v) is 14.4. The van der Waals surface area contributed by atoms with Crippen molar-refractivity contribution in [1.82, 2.24) is 24.1 Å². The lowest BCUT2D eigenvalue weighted by atomic mass is 9.97. The summed E-state index contributed by atoms with van der Waals surface area (Å²) in [7, 11) is 0. The standard InChI is InChI=1S/C52H32N6/c53-33-34-27-29-42(48(31-34)57-44-23-11-7-19-38(44)39-20-8-12-24-45(39)57)43-30-28-37(32-49(43)58-46-25-13-9-21-40(46)41-22-10-14-26-47(41)58)52-55-50(35-15-3-1-4-16-35)54-51(56-52)36-17-5-2-6-18-36/h1-32H. The van der Waals surface area contributed by atoms with Crippen LogP contribution in [-0.4, -0.2) is 24.1 Å². The van der Waals surface area contributed by atoms with E-state index in [2.05, 4.69) is 137 Å². The maximum Gasteiger partial charge on any atom is 0.164 e. The number of hydrogen-bond acceptors (Lipinski definition) is 4. The van der Waals surface area contributed by atoms with Gasteiger partial charge in [-0.1, -0.05) is 152 Å². The highest BCUT2D eigenvalue weighted by atomic mass is 15.0. The summed E-state index contributed by atoms with van der Waals surface area (Å²) in [6, 6.07) is 69.2. The first-order valence-corrected chi connectivity index (χ1v) is 19.3. The Kier molecular flexibility index (Phi) is 7.76. The minimum Gasteiger partial charge on any atom is -0.309 e. The highest BCUT2D eigenvalue weighted by Gasteiger charge is 2.22. The fourth-order valence-corrected chi connectivity index (χ4v) is 8.40. The Hall–Kier alpha value is -8.14. The predicted octanol–water partition coefficient (Wildman–Crippen LogP) is 12.6. The van der Waals surface area contributed by atoms with Crippen molar-refractivity contribution in [2.45, 2.75) is 0 Å². The van der Waals surface area contributed by atoms with Gasteiger partial charge in [-0.2, -0.15) is 5.26 Å². The summed E-state index contributed by atoms with van der Waals surface area (Å²) in [5.41, 5.74) is 11.4. The first kappa shape index (κ1) is 33.2. The van der Waals surface area contributed by atoms with Crippen LogP contribution in [0.5, 0.6) is 0 Å². The topological polar surface area (TPSA) is 72.3 Å². The quantitative estimate of drug-likeness (QED) is 0.170. The van der Waals surface area contributed by atoms with E-state index >= 15 is 0 Å². The number of fused-ring (bicyclic) bond motifs is 6. The van der Waals surface area contributed by atoms with E-state index in [0.717, 1.165) is 82.8 Å². The number of nitrogens with zero attached hydrogens (tertiary/aromatic N) is 6. The molecule has 3 aromatic heterocycles. The van der Waals surface area contributed by atoms with Gasteiger partial charge < -0.3 is 9.13 Å². The number of benzene rings is 8. The van der Waals surface area contributed by atoms with Crippen LogP contribution in [0.2, 0.25) is 0 Å². The molecule has 0 aliphatic rings. The first-order chi connectivity index (χ1) is 28.7. The van der Waals surface area contributed by atoms with Crippen LogP contribution in [0.1, 0.15) is 5.56 Å². The molecule has 3 heterocycles. The number of aromatic nitrogens is 5. The van der Waals surface area contributed by atoms with Crippen molar-refractivity contribution in [3.8, 4) is 62.7 Å². The van der Waals surface area contributed by atoms with Crippen molar-refractivity contribution in [2.24, 2.45) is 0 Å². The van der Waals surface area contributed by atoms with E-state index in [0.29, 0.717) is 23.0 Å². The summed E-state index contributed by atoms with van der Waals surface area (Å²) < 4.78 is 4.66. The lowest BCUT2D eigenvalue weighted by Crippen LogP contribution is -2.04. The van der Waals surface area contributed by atoms with E-state index in [-0.39, 0.29) is 0 Å². The molecule has 11 rings (SSSR count). The smallest absolute Gasteiger partial charge is 0.164 e. The van der Waals surface area contributed by atoms with Crippen LogP contribution < -0.4 is 0 Å². The lowest BCUT2D eigenvalue weighted by Gasteiger charge is -2.20. The van der Waals surface area contributed by atoms with Crippen molar-refractivity contribution in [3.05, 3.63) is 200 Å². The van der Waals surface area contributed by atoms with Gasteiger partial charge in [-0.05, 0) is 42.5 Å². The molecule has 0 fully saturated rings. The van der Waals surface area contributed by atoms with Crippen LogP contribution in [0.15, 0.2) is 194 Å². The van der Waals surface area contributed by atoms with Gasteiger partial charge in [0.2, 0.25) is 0 Å². The Balaban J connectivity index is 1.23. The number of hydrogen-bond donors (Lipinski definition) is 0. The van der Waals surface area contributed by atoms with Gasteiger partial charge in [0, 0.05) is 49.4 Å². The molecule has 58 heavy (non-hydrogen) atoms. The highest BCUT2D eigenvalue weighted by Crippen LogP contribution is 2.42. The molecule has 0 aliphatic heterocycles. The maximum atomic E-state index is 10.3. The van der Waals surface area contributed by atoms with Crippen LogP contribution in [-0.2, 0) is 0 Å². The zero-order valence-corrected chi connectivity index (χ0v) is 31.2. The van der Waals surface area contributed by atoms with Gasteiger partial charge in [0.15, 0.2) is 17.5 Å². The van der Waals surface area contributed by atoms with Crippen molar-refractivity contribution in [3.63, 3.8) is 0 Å². The van der Waals surface area contributed by atoms with Crippen molar-refractivity contribution in [1.29, 1.82) is 5.26 Å². The molecule has 6 nitrogen and oxygen atoms in total. The SMILES string of the molecule is N#Cc1ccc(-c2ccc(-c3nc(-c4ccccc4)nc(-c4ccccc4)n3)cc2-n2c3ccccc3c3ccccc32)c(-n2c3ccccc3c3ccccc32)c1. The average molecular weight is 741 g/mol. The molecule has 0 amide bonds. The normalized spacial score (nSPS) is 11.4. The molecule has 0 saturated heterocycles. The van der Waals surface area contributed by atoms with Crippen LogP contribution in [0.3, 0.4) is 0 Å². The van der Waals surface area contributed by atoms with E-state index in [9.17, 15) is 5.26 Å². The maximum absolute atomic E-state index is 10.3. The van der Waals surface area contributed by atoms with Crippen LogP contribution in [0, 0.1) is 11.3 Å². The summed E-state index contributed by atoms with van der Waals surface area (Å²) in [6.07, 6.45) is 0. The van der Waals surface area contributed by atoms with Crippen LogP contribution >= 0.6 is 0 Å². The van der Waals surface area contributed by atoms with Crippen LogP contribution in [0.4, 0.5) is 0 Å². The third-order valence-electron chi connectivity index (χ3n) is 11.0. The van der Waals surface area contributed by atoms with Crippen molar-refractivity contribution < 1.29 is 0 Å². The molecule has 11 aromatic rings. The third kappa shape index (κ3) is 5.37. The minimum absolute atomic E-state index is 0.573. The molecule has 270 valence electrons. The molecule has 6 heteroatoms. The van der Waals surface area contributed by atoms with Crippen LogP contribution in [0.25, 0.3) is 100 Å². The highest BCUT2D eigenvalue weighted by molar-refractivity contribution is 6.11. The zero-order chi connectivity index (χ0) is 38.6. The molecule has 0 aliphatic carbocycles. The molecule has 0 radical (unpaired) electrons. The van der Waals surface area contributed by atoms with E-state index in [4.69, 9.17) is 15.0 Å². The van der Waals surface area contributed by atoms with Gasteiger partial charge in [0.1, 0.15) is 0 Å². The predicted molar refractivity (Wildman–Crippen MR) is 235 cm³/mol. The van der Waals surface area contributed by atoms with E-state index in [1.54, 1.807) is 0 Å². The molecule has 0 spiro atoms. The minimum atomic E-state index is 0.573. The molecular formula is C52H32N6. The summed E-state index contributed by atoms with van der Waals surface area (Å²) in [5.74, 6) is 1.78. The Morgan fingerprint density at radius 2 is 0.707 bits per heavy atom. The van der Waals surface area contributed by atoms with E-state index in [1.807, 2.05) is 72.8 Å². The lowest BCUT2D eigenvalue weighted by molar-refractivity contribution is 1.07. The molecular weight excluding hydrogens is 709 g/mol. The summed E-state index contributed by atoms with van der Waals surface area (Å²) >= 11 is 0. The molecule has 0 unspecified atom stereocenters. The number of para-hydroxylation sites is 4. The van der Waals surface area contributed by atoms with Crippen molar-refractivity contribution in [2.75, 3.05) is 0 Å². The monoisotopic (exact) mass is 740 g/mol. The Morgan fingerprint density at radius 3 is 1.14 bits per heavy atom. The summed E-state index contributed by atoms with van der Waals surface area (Å²) in [4.78, 5) is 15.2. The van der Waals surface area contributed by atoms with Gasteiger partial charge in [-0.3, -0.25) is 0 Å². The van der Waals surface area contributed by atoms with Gasteiger partial charge in [0.25, 0.3) is 0 Å². The second-order valence-electron chi connectivity index (χ2n) is 14.4. The second kappa shape index (κ2) is 13.6. The average Bonchev–Trinajstić information content (AvgIpc) is 3.82. The first-order valence-electron chi connectivity index (χ1n) is 19.3. The number of nitriles is 1. The Morgan fingerprint density at radius 1 is 0.345 bits per heavy atom. The Bertz CT molecular complexity index is 3240. The molecule has 0 saturated carbocycles. The largest absolute Gasteiger partial charge is 0.309 e. The molecule has 0 bridgehead atoms. The van der Waals surface area contributed by atoms with Gasteiger partial charge >= 0.3 is 0 Å². The fraction of sp³-hybridized carbons (Fsp3) is 0. The van der Waals surface area contributed by atoms with E-state index < -0.39 is 0 Å². The van der Waals surface area contributed by atoms with Gasteiger partial charge in [0.05, 0.1) is 45.1 Å². The third-order valence-corrected chi connectivity index (χ3v) is 11.0. The molecule has 8 aromatic carbocycles. The molecule has 0 N–H and O–H groups in total. The summed E-state index contributed by atoms with van der Waals surface area (Å²) in [6.45, 7) is 0. The summed E-state index contributed by atoms with van der Waals surface area (Å²) in [5, 5.41) is 14.9. The number of rotatable bonds is 6. The zero-order valence-electron chi connectivity index (χ0n) is 31.2.